The molecule has 0 fully saturated rings. The first-order valence-corrected chi connectivity index (χ1v) is 8.79. The zero-order valence-corrected chi connectivity index (χ0v) is 16.6. The lowest BCUT2D eigenvalue weighted by Crippen LogP contribution is -2.04. The van der Waals surface area contributed by atoms with Gasteiger partial charge in [0.15, 0.2) is 0 Å². The number of hydrogen-bond acceptors (Lipinski definition) is 0. The summed E-state index contributed by atoms with van der Waals surface area (Å²) in [6, 6.07) is 22.1. The Labute approximate surface area is 160 Å². The van der Waals surface area contributed by atoms with Crippen molar-refractivity contribution in [2.24, 2.45) is 0 Å². The zero-order valence-electron chi connectivity index (χ0n) is 16.6. The van der Waals surface area contributed by atoms with Gasteiger partial charge in [-0.05, 0) is 51.8 Å². The summed E-state index contributed by atoms with van der Waals surface area (Å²) in [6.07, 6.45) is -4.22. The molecule has 3 aromatic carbocycles. The van der Waals surface area contributed by atoms with Crippen LogP contribution in [-0.4, -0.2) is 0 Å². The van der Waals surface area contributed by atoms with Gasteiger partial charge in [-0.25, -0.2) is 0 Å². The van der Waals surface area contributed by atoms with Crippen LogP contribution < -0.4 is 0 Å². The SMILES string of the molecule is Cc1ccc(C)cc1.Cc1cccc(C(F)(F)F)c1.Cc1ccccc1C. The van der Waals surface area contributed by atoms with Crippen LogP contribution in [0.1, 0.15) is 33.4 Å². The van der Waals surface area contributed by atoms with E-state index in [0.717, 1.165) is 12.1 Å². The van der Waals surface area contributed by atoms with Crippen LogP contribution in [-0.2, 0) is 6.18 Å². The molecule has 144 valence electrons. The second-order valence-corrected chi connectivity index (χ2v) is 6.61. The van der Waals surface area contributed by atoms with E-state index in [1.165, 1.54) is 28.3 Å². The lowest BCUT2D eigenvalue weighted by atomic mass is 10.1. The molecule has 0 radical (unpaired) electrons. The highest BCUT2D eigenvalue weighted by atomic mass is 19.4. The average molecular weight is 372 g/mol. The number of hydrogen-bond donors (Lipinski definition) is 0. The molecule has 0 aliphatic heterocycles. The van der Waals surface area contributed by atoms with Crippen LogP contribution in [0.15, 0.2) is 72.8 Å². The Morgan fingerprint density at radius 2 is 0.963 bits per heavy atom. The van der Waals surface area contributed by atoms with Crippen LogP contribution in [0.5, 0.6) is 0 Å². The molecule has 0 N–H and O–H groups in total. The van der Waals surface area contributed by atoms with E-state index in [1.807, 2.05) is 0 Å². The molecule has 0 aromatic heterocycles. The van der Waals surface area contributed by atoms with E-state index in [0.29, 0.717) is 5.56 Å². The van der Waals surface area contributed by atoms with Crippen LogP contribution >= 0.6 is 0 Å². The highest BCUT2D eigenvalue weighted by Crippen LogP contribution is 2.29. The molecule has 0 amide bonds. The topological polar surface area (TPSA) is 0 Å². The van der Waals surface area contributed by atoms with E-state index >= 15 is 0 Å². The summed E-state index contributed by atoms with van der Waals surface area (Å²) >= 11 is 0. The number of rotatable bonds is 0. The summed E-state index contributed by atoms with van der Waals surface area (Å²) in [5.74, 6) is 0. The monoisotopic (exact) mass is 372 g/mol. The molecule has 0 aliphatic carbocycles. The van der Waals surface area contributed by atoms with Crippen LogP contribution in [0.2, 0.25) is 0 Å². The number of benzene rings is 3. The predicted octanol–water partition coefficient (Wildman–Crippen LogP) is 7.62. The summed E-state index contributed by atoms with van der Waals surface area (Å²) in [4.78, 5) is 0. The second kappa shape index (κ2) is 10.6. The van der Waals surface area contributed by atoms with Gasteiger partial charge in [0.05, 0.1) is 5.56 Å². The molecular formula is C24H27F3. The Hall–Kier alpha value is -2.55. The smallest absolute Gasteiger partial charge is 0.166 e. The number of alkyl halides is 3. The van der Waals surface area contributed by atoms with Gasteiger partial charge in [-0.2, -0.15) is 13.2 Å². The maximum atomic E-state index is 12.0. The Kier molecular flexibility index (Phi) is 8.80. The lowest BCUT2D eigenvalue weighted by Gasteiger charge is -2.05. The van der Waals surface area contributed by atoms with Crippen molar-refractivity contribution in [1.82, 2.24) is 0 Å². The molecule has 0 aliphatic rings. The Morgan fingerprint density at radius 3 is 1.26 bits per heavy atom. The molecule has 0 bridgehead atoms. The summed E-state index contributed by atoms with van der Waals surface area (Å²) in [7, 11) is 0. The maximum absolute atomic E-state index is 12.0. The molecule has 0 unspecified atom stereocenters. The fourth-order valence-corrected chi connectivity index (χ4v) is 2.12. The van der Waals surface area contributed by atoms with Crippen molar-refractivity contribution >= 4 is 0 Å². The van der Waals surface area contributed by atoms with Gasteiger partial charge in [-0.1, -0.05) is 83.4 Å². The average Bonchev–Trinajstić information content (AvgIpc) is 2.61. The van der Waals surface area contributed by atoms with E-state index in [2.05, 4.69) is 76.2 Å². The van der Waals surface area contributed by atoms with Crippen molar-refractivity contribution in [1.29, 1.82) is 0 Å². The Balaban J connectivity index is 0.000000206. The third-order valence-electron chi connectivity index (χ3n) is 3.99. The van der Waals surface area contributed by atoms with Crippen molar-refractivity contribution < 1.29 is 13.2 Å². The Morgan fingerprint density at radius 1 is 0.519 bits per heavy atom. The normalized spacial score (nSPS) is 10.2. The highest BCUT2D eigenvalue weighted by Gasteiger charge is 2.29. The standard InChI is InChI=1S/C8H7F3.2C8H10/c1-6-3-2-4-7(5-6)8(9,10)11;1-7-3-5-8(2)6-4-7;1-7-5-3-4-6-8(7)2/h2-5H,1H3;2*3-6H,1-2H3. The fourth-order valence-electron chi connectivity index (χ4n) is 2.12. The first-order chi connectivity index (χ1) is 12.6. The van der Waals surface area contributed by atoms with Gasteiger partial charge >= 0.3 is 6.18 Å². The molecule has 27 heavy (non-hydrogen) atoms. The van der Waals surface area contributed by atoms with Crippen molar-refractivity contribution in [2.45, 2.75) is 40.8 Å². The van der Waals surface area contributed by atoms with Gasteiger partial charge in [-0.15, -0.1) is 0 Å². The van der Waals surface area contributed by atoms with Crippen LogP contribution in [0.25, 0.3) is 0 Å². The van der Waals surface area contributed by atoms with Gasteiger partial charge in [-0.3, -0.25) is 0 Å². The van der Waals surface area contributed by atoms with Gasteiger partial charge in [0.1, 0.15) is 0 Å². The minimum absolute atomic E-state index is 0.586. The number of halogens is 3. The molecule has 0 atom stereocenters. The molecule has 0 saturated carbocycles. The van der Waals surface area contributed by atoms with Crippen LogP contribution in [0, 0.1) is 34.6 Å². The minimum Gasteiger partial charge on any atom is -0.166 e. The first-order valence-electron chi connectivity index (χ1n) is 8.79. The van der Waals surface area contributed by atoms with E-state index in [9.17, 15) is 13.2 Å². The van der Waals surface area contributed by atoms with Gasteiger partial charge in [0, 0.05) is 0 Å². The van der Waals surface area contributed by atoms with E-state index < -0.39 is 11.7 Å². The van der Waals surface area contributed by atoms with Crippen molar-refractivity contribution in [3.05, 3.63) is 106 Å². The van der Waals surface area contributed by atoms with Gasteiger partial charge in [0.25, 0.3) is 0 Å². The second-order valence-electron chi connectivity index (χ2n) is 6.61. The molecule has 0 heterocycles. The number of aryl methyl sites for hydroxylation is 5. The van der Waals surface area contributed by atoms with Crippen molar-refractivity contribution in [3.8, 4) is 0 Å². The molecule has 0 nitrogen and oxygen atoms in total. The maximum Gasteiger partial charge on any atom is 0.416 e. The third kappa shape index (κ3) is 9.09. The molecule has 0 spiro atoms. The fraction of sp³-hybridized carbons (Fsp3) is 0.250. The van der Waals surface area contributed by atoms with Crippen LogP contribution in [0.3, 0.4) is 0 Å². The van der Waals surface area contributed by atoms with Crippen molar-refractivity contribution in [2.75, 3.05) is 0 Å². The largest absolute Gasteiger partial charge is 0.416 e. The highest BCUT2D eigenvalue weighted by molar-refractivity contribution is 5.24. The molecule has 3 heteroatoms. The summed E-state index contributed by atoms with van der Waals surface area (Å²) in [6.45, 7) is 10.1. The van der Waals surface area contributed by atoms with E-state index in [4.69, 9.17) is 0 Å². The predicted molar refractivity (Wildman–Crippen MR) is 108 cm³/mol. The minimum atomic E-state index is -4.22. The summed E-state index contributed by atoms with van der Waals surface area (Å²) < 4.78 is 35.9. The van der Waals surface area contributed by atoms with Gasteiger partial charge < -0.3 is 0 Å². The molecule has 3 aromatic rings. The third-order valence-corrected chi connectivity index (χ3v) is 3.99. The quantitative estimate of drug-likeness (QED) is 0.381. The summed E-state index contributed by atoms with van der Waals surface area (Å²) in [5.41, 5.74) is 5.43. The van der Waals surface area contributed by atoms with Crippen LogP contribution in [0.4, 0.5) is 13.2 Å². The zero-order chi connectivity index (χ0) is 20.4. The first kappa shape index (κ1) is 22.5. The van der Waals surface area contributed by atoms with Gasteiger partial charge in [0.2, 0.25) is 0 Å². The molecule has 0 saturated heterocycles. The van der Waals surface area contributed by atoms with E-state index in [1.54, 1.807) is 13.0 Å². The molecule has 3 rings (SSSR count). The van der Waals surface area contributed by atoms with Crippen molar-refractivity contribution in [3.63, 3.8) is 0 Å². The molecular weight excluding hydrogens is 345 g/mol. The van der Waals surface area contributed by atoms with E-state index in [-0.39, 0.29) is 0 Å². The lowest BCUT2D eigenvalue weighted by molar-refractivity contribution is -0.137. The Bertz CT molecular complexity index is 774. The summed E-state index contributed by atoms with van der Waals surface area (Å²) in [5, 5.41) is 0.